The molecule has 0 saturated carbocycles. The Morgan fingerprint density at radius 2 is 2.17 bits per heavy atom. The molecule has 0 aromatic heterocycles. The van der Waals surface area contributed by atoms with Crippen LogP contribution in [0.25, 0.3) is 5.57 Å². The first-order chi connectivity index (χ1) is 8.45. The van der Waals surface area contributed by atoms with Crippen molar-refractivity contribution in [2.75, 3.05) is 18.5 Å². The molecule has 2 nitrogen and oxygen atoms in total. The van der Waals surface area contributed by atoms with Gasteiger partial charge in [-0.05, 0) is 54.0 Å². The average Bonchev–Trinajstić information content (AvgIpc) is 2.29. The van der Waals surface area contributed by atoms with Crippen molar-refractivity contribution in [3.63, 3.8) is 0 Å². The van der Waals surface area contributed by atoms with Crippen LogP contribution in [0, 0.1) is 6.92 Å². The normalized spacial score (nSPS) is 18.2. The lowest BCUT2D eigenvalue weighted by molar-refractivity contribution is 0.343. The molecule has 0 radical (unpaired) electrons. The number of hydrogen-bond donors (Lipinski definition) is 2. The maximum Gasteiger partial charge on any atom is 0.0618 e. The molecular weight excluding hydrogens is 222 g/mol. The fraction of sp³-hybridized carbons (Fsp3) is 0.500. The molecule has 2 heteroatoms. The Morgan fingerprint density at radius 3 is 2.83 bits per heavy atom. The number of aliphatic hydroxyl groups excluding tert-OH is 1. The Kier molecular flexibility index (Phi) is 3.49. The highest BCUT2D eigenvalue weighted by Crippen LogP contribution is 2.39. The minimum Gasteiger partial charge on any atom is -0.392 e. The molecule has 1 aliphatic rings. The van der Waals surface area contributed by atoms with Crippen LogP contribution in [-0.2, 0) is 5.41 Å². The summed E-state index contributed by atoms with van der Waals surface area (Å²) >= 11 is 0. The summed E-state index contributed by atoms with van der Waals surface area (Å²) in [6.07, 6.45) is 3.03. The third kappa shape index (κ3) is 2.30. The van der Waals surface area contributed by atoms with E-state index in [1.54, 1.807) is 0 Å². The number of anilines is 1. The maximum absolute atomic E-state index is 9.02. The van der Waals surface area contributed by atoms with Crippen LogP contribution in [0.15, 0.2) is 18.2 Å². The molecule has 1 heterocycles. The first-order valence-electron chi connectivity index (χ1n) is 6.62. The summed E-state index contributed by atoms with van der Waals surface area (Å²) in [7, 11) is 0. The van der Waals surface area contributed by atoms with Gasteiger partial charge in [0.1, 0.15) is 0 Å². The zero-order valence-electron chi connectivity index (χ0n) is 11.8. The number of aryl methyl sites for hydroxylation is 1. The SMILES string of the molecule is C/C(=C/CO)c1cc2c(cc1C)C(C)(C)CCN2. The highest BCUT2D eigenvalue weighted by molar-refractivity contribution is 5.73. The molecule has 2 rings (SSSR count). The van der Waals surface area contributed by atoms with Gasteiger partial charge >= 0.3 is 0 Å². The monoisotopic (exact) mass is 245 g/mol. The lowest BCUT2D eigenvalue weighted by atomic mass is 9.77. The molecule has 1 aliphatic heterocycles. The predicted octanol–water partition coefficient (Wildman–Crippen LogP) is 3.48. The summed E-state index contributed by atoms with van der Waals surface area (Å²) in [6.45, 7) is 9.95. The van der Waals surface area contributed by atoms with E-state index < -0.39 is 0 Å². The Hall–Kier alpha value is -1.28. The third-order valence-corrected chi connectivity index (χ3v) is 3.98. The van der Waals surface area contributed by atoms with E-state index in [0.29, 0.717) is 0 Å². The van der Waals surface area contributed by atoms with Crippen LogP contribution in [0.2, 0.25) is 0 Å². The van der Waals surface area contributed by atoms with Crippen LogP contribution in [-0.4, -0.2) is 18.3 Å². The van der Waals surface area contributed by atoms with Gasteiger partial charge in [-0.2, -0.15) is 0 Å². The molecule has 1 aromatic rings. The van der Waals surface area contributed by atoms with Gasteiger partial charge in [0.2, 0.25) is 0 Å². The van der Waals surface area contributed by atoms with Gasteiger partial charge < -0.3 is 10.4 Å². The van der Waals surface area contributed by atoms with Crippen LogP contribution in [0.3, 0.4) is 0 Å². The van der Waals surface area contributed by atoms with E-state index in [0.717, 1.165) is 12.1 Å². The molecular formula is C16H23NO. The molecule has 0 bridgehead atoms. The molecule has 0 fully saturated rings. The second-order valence-electron chi connectivity index (χ2n) is 5.84. The number of nitrogens with one attached hydrogen (secondary N) is 1. The lowest BCUT2D eigenvalue weighted by Gasteiger charge is -2.34. The average molecular weight is 245 g/mol. The summed E-state index contributed by atoms with van der Waals surface area (Å²) in [5.74, 6) is 0. The van der Waals surface area contributed by atoms with E-state index in [1.165, 1.54) is 28.8 Å². The summed E-state index contributed by atoms with van der Waals surface area (Å²) in [5, 5.41) is 12.5. The first-order valence-corrected chi connectivity index (χ1v) is 6.62. The van der Waals surface area contributed by atoms with Gasteiger partial charge in [0, 0.05) is 12.2 Å². The molecule has 2 N–H and O–H groups in total. The van der Waals surface area contributed by atoms with E-state index in [9.17, 15) is 0 Å². The molecule has 0 spiro atoms. The van der Waals surface area contributed by atoms with Crippen LogP contribution in [0.1, 0.15) is 43.9 Å². The molecule has 0 saturated heterocycles. The van der Waals surface area contributed by atoms with Gasteiger partial charge in [-0.25, -0.2) is 0 Å². The summed E-state index contributed by atoms with van der Waals surface area (Å²) in [6, 6.07) is 4.53. The van der Waals surface area contributed by atoms with Crippen molar-refractivity contribution in [2.24, 2.45) is 0 Å². The van der Waals surface area contributed by atoms with E-state index in [4.69, 9.17) is 5.11 Å². The second kappa shape index (κ2) is 4.77. The Bertz CT molecular complexity index is 486. The maximum atomic E-state index is 9.02. The number of allylic oxidation sites excluding steroid dienone is 1. The Morgan fingerprint density at radius 1 is 1.44 bits per heavy atom. The largest absolute Gasteiger partial charge is 0.392 e. The van der Waals surface area contributed by atoms with Gasteiger partial charge in [-0.3, -0.25) is 0 Å². The lowest BCUT2D eigenvalue weighted by Crippen LogP contribution is -2.28. The van der Waals surface area contributed by atoms with Gasteiger partial charge in [0.15, 0.2) is 0 Å². The van der Waals surface area contributed by atoms with E-state index in [1.807, 2.05) is 6.08 Å². The molecule has 0 aliphatic carbocycles. The second-order valence-corrected chi connectivity index (χ2v) is 5.84. The van der Waals surface area contributed by atoms with Crippen molar-refractivity contribution in [3.8, 4) is 0 Å². The number of fused-ring (bicyclic) bond motifs is 1. The molecule has 18 heavy (non-hydrogen) atoms. The third-order valence-electron chi connectivity index (χ3n) is 3.98. The number of rotatable bonds is 2. The fourth-order valence-corrected chi connectivity index (χ4v) is 2.73. The topological polar surface area (TPSA) is 32.3 Å². The Labute approximate surface area is 110 Å². The molecule has 0 atom stereocenters. The zero-order chi connectivity index (χ0) is 13.3. The number of benzene rings is 1. The van der Waals surface area contributed by atoms with Gasteiger partial charge in [0.25, 0.3) is 0 Å². The number of hydrogen-bond acceptors (Lipinski definition) is 2. The first kappa shape index (κ1) is 13.2. The molecule has 0 amide bonds. The standard InChI is InChI=1S/C16H23NO/c1-11(5-8-18)13-10-15-14(9-12(13)2)16(3,4)6-7-17-15/h5,9-10,17-18H,6-8H2,1-4H3/b11-5-. The van der Waals surface area contributed by atoms with Crippen molar-refractivity contribution in [2.45, 2.75) is 39.5 Å². The van der Waals surface area contributed by atoms with Gasteiger partial charge in [0.05, 0.1) is 6.61 Å². The molecule has 98 valence electrons. The summed E-state index contributed by atoms with van der Waals surface area (Å²) < 4.78 is 0. The van der Waals surface area contributed by atoms with Crippen molar-refractivity contribution in [1.82, 2.24) is 0 Å². The highest BCUT2D eigenvalue weighted by atomic mass is 16.2. The van der Waals surface area contributed by atoms with Crippen molar-refractivity contribution in [1.29, 1.82) is 0 Å². The quantitative estimate of drug-likeness (QED) is 0.836. The van der Waals surface area contributed by atoms with Crippen LogP contribution >= 0.6 is 0 Å². The van der Waals surface area contributed by atoms with Gasteiger partial charge in [-0.1, -0.05) is 26.0 Å². The Balaban J connectivity index is 2.53. The molecule has 0 unspecified atom stereocenters. The smallest absolute Gasteiger partial charge is 0.0618 e. The minimum absolute atomic E-state index is 0.0985. The van der Waals surface area contributed by atoms with Crippen molar-refractivity contribution in [3.05, 3.63) is 34.9 Å². The predicted molar refractivity (Wildman–Crippen MR) is 78.0 cm³/mol. The van der Waals surface area contributed by atoms with Crippen LogP contribution < -0.4 is 5.32 Å². The summed E-state index contributed by atoms with van der Waals surface area (Å²) in [5.41, 5.74) is 6.56. The van der Waals surface area contributed by atoms with Crippen molar-refractivity contribution < 1.29 is 5.11 Å². The fourth-order valence-electron chi connectivity index (χ4n) is 2.73. The molecule has 1 aromatic carbocycles. The minimum atomic E-state index is 0.0985. The van der Waals surface area contributed by atoms with Crippen molar-refractivity contribution >= 4 is 11.3 Å². The van der Waals surface area contributed by atoms with Crippen LogP contribution in [0.4, 0.5) is 5.69 Å². The van der Waals surface area contributed by atoms with Gasteiger partial charge in [-0.15, -0.1) is 0 Å². The van der Waals surface area contributed by atoms with E-state index >= 15 is 0 Å². The van der Waals surface area contributed by atoms with E-state index in [2.05, 4.69) is 45.1 Å². The zero-order valence-corrected chi connectivity index (χ0v) is 11.8. The summed E-state index contributed by atoms with van der Waals surface area (Å²) in [4.78, 5) is 0. The highest BCUT2D eigenvalue weighted by Gasteiger charge is 2.27. The van der Waals surface area contributed by atoms with E-state index in [-0.39, 0.29) is 12.0 Å². The number of aliphatic hydroxyl groups is 1. The van der Waals surface area contributed by atoms with Crippen LogP contribution in [0.5, 0.6) is 0 Å².